The van der Waals surface area contributed by atoms with Crippen LogP contribution in [0.5, 0.6) is 0 Å². The van der Waals surface area contributed by atoms with Gasteiger partial charge in [0, 0.05) is 6.16 Å². The molecule has 0 amide bonds. The minimum atomic E-state index is -2.28. The van der Waals surface area contributed by atoms with Gasteiger partial charge in [-0.1, -0.05) is 25.2 Å². The molecule has 4 heteroatoms. The molecule has 10 heavy (non-hydrogen) atoms. The van der Waals surface area contributed by atoms with Gasteiger partial charge in [-0.15, -0.1) is 0 Å². The van der Waals surface area contributed by atoms with Gasteiger partial charge < -0.3 is 4.52 Å². The first-order valence-corrected chi connectivity index (χ1v) is 6.96. The molecule has 0 fully saturated rings. The molecule has 0 aliphatic carbocycles. The van der Waals surface area contributed by atoms with Crippen LogP contribution in [0, 0.1) is 0 Å². The fourth-order valence-electron chi connectivity index (χ4n) is 0.613. The molecule has 0 aromatic carbocycles. The molecule has 0 rings (SSSR count). The molecular weight excluding hydrogens is 167 g/mol. The molecule has 0 aliphatic rings. The van der Waals surface area contributed by atoms with Crippen LogP contribution in [0.4, 0.5) is 0 Å². The molecular formula is C6H15O2PS. The molecule has 0 aromatic rings. The molecule has 2 nitrogen and oxygen atoms in total. The van der Waals surface area contributed by atoms with E-state index in [-0.39, 0.29) is 0 Å². The highest BCUT2D eigenvalue weighted by Gasteiger charge is 2.18. The van der Waals surface area contributed by atoms with Crippen molar-refractivity contribution in [3.63, 3.8) is 0 Å². The minimum Gasteiger partial charge on any atom is -0.321 e. The van der Waals surface area contributed by atoms with Crippen molar-refractivity contribution in [2.75, 3.05) is 18.5 Å². The lowest BCUT2D eigenvalue weighted by atomic mass is 10.9. The zero-order valence-electron chi connectivity index (χ0n) is 6.79. The van der Waals surface area contributed by atoms with Gasteiger partial charge in [-0.25, -0.2) is 0 Å². The summed E-state index contributed by atoms with van der Waals surface area (Å²) in [4.78, 5) is 0. The summed E-state index contributed by atoms with van der Waals surface area (Å²) in [5, 5.41) is 0. The highest BCUT2D eigenvalue weighted by Crippen LogP contribution is 2.58. The first kappa shape index (κ1) is 10.5. The lowest BCUT2D eigenvalue weighted by Crippen LogP contribution is -1.88. The van der Waals surface area contributed by atoms with Crippen LogP contribution in [0.2, 0.25) is 0 Å². The quantitative estimate of drug-likeness (QED) is 0.611. The first-order chi connectivity index (χ1) is 4.68. The smallest absolute Gasteiger partial charge is 0.257 e. The van der Waals surface area contributed by atoms with Gasteiger partial charge in [0.2, 0.25) is 0 Å². The van der Waals surface area contributed by atoms with Crippen molar-refractivity contribution in [3.8, 4) is 0 Å². The van der Waals surface area contributed by atoms with E-state index in [9.17, 15) is 4.57 Å². The Bertz CT molecular complexity index is 117. The maximum atomic E-state index is 11.5. The van der Waals surface area contributed by atoms with Gasteiger partial charge in [0.25, 0.3) is 6.57 Å². The number of hydrogen-bond acceptors (Lipinski definition) is 3. The third kappa shape index (κ3) is 3.65. The summed E-state index contributed by atoms with van der Waals surface area (Å²) in [6.45, 7) is 4.04. The normalized spacial score (nSPS) is 16.7. The van der Waals surface area contributed by atoms with Crippen LogP contribution >= 0.6 is 18.0 Å². The number of rotatable bonds is 5. The number of hydrogen-bond donors (Lipinski definition) is 0. The van der Waals surface area contributed by atoms with Crippen LogP contribution in [-0.2, 0) is 9.09 Å². The van der Waals surface area contributed by atoms with Crippen molar-refractivity contribution in [3.05, 3.63) is 0 Å². The van der Waals surface area contributed by atoms with Gasteiger partial charge in [-0.2, -0.15) is 0 Å². The highest BCUT2D eigenvalue weighted by atomic mass is 32.7. The predicted molar refractivity (Wildman–Crippen MR) is 47.9 cm³/mol. The largest absolute Gasteiger partial charge is 0.321 e. The second-order valence-electron chi connectivity index (χ2n) is 1.76. The van der Waals surface area contributed by atoms with E-state index in [1.165, 1.54) is 11.4 Å². The van der Waals surface area contributed by atoms with Crippen LogP contribution in [0.15, 0.2) is 0 Å². The van der Waals surface area contributed by atoms with Crippen LogP contribution in [0.25, 0.3) is 0 Å². The zero-order valence-corrected chi connectivity index (χ0v) is 8.50. The molecule has 0 aromatic heterocycles. The van der Waals surface area contributed by atoms with Gasteiger partial charge >= 0.3 is 0 Å². The fraction of sp³-hybridized carbons (Fsp3) is 1.00. The van der Waals surface area contributed by atoms with Crippen LogP contribution in [0.3, 0.4) is 0 Å². The van der Waals surface area contributed by atoms with E-state index in [1.807, 2.05) is 20.8 Å². The summed E-state index contributed by atoms with van der Waals surface area (Å²) in [7, 11) is 0. The standard InChI is InChI=1S/C6H15O2PS/c1-4-8-9(7,5-2)10-6-3/h4-6H2,1-3H3/t9-/m0/s1. The summed E-state index contributed by atoms with van der Waals surface area (Å²) in [6.07, 6.45) is 0.638. The fourth-order valence-corrected chi connectivity index (χ4v) is 4.11. The topological polar surface area (TPSA) is 26.3 Å². The molecule has 0 bridgehead atoms. The average molecular weight is 182 g/mol. The molecule has 0 spiro atoms. The lowest BCUT2D eigenvalue weighted by Gasteiger charge is -2.12. The second kappa shape index (κ2) is 5.22. The third-order valence-corrected chi connectivity index (χ3v) is 6.16. The van der Waals surface area contributed by atoms with Crippen molar-refractivity contribution in [1.29, 1.82) is 0 Å². The molecule has 0 aliphatic heterocycles. The van der Waals surface area contributed by atoms with Crippen molar-refractivity contribution in [2.24, 2.45) is 0 Å². The summed E-state index contributed by atoms with van der Waals surface area (Å²) in [5.74, 6) is 0.866. The van der Waals surface area contributed by atoms with Crippen molar-refractivity contribution in [1.82, 2.24) is 0 Å². The van der Waals surface area contributed by atoms with E-state index >= 15 is 0 Å². The van der Waals surface area contributed by atoms with E-state index in [4.69, 9.17) is 4.52 Å². The Morgan fingerprint density at radius 1 is 1.40 bits per heavy atom. The Morgan fingerprint density at radius 3 is 2.30 bits per heavy atom. The summed E-state index contributed by atoms with van der Waals surface area (Å²) in [6, 6.07) is 0. The molecule has 0 N–H and O–H groups in total. The molecule has 62 valence electrons. The predicted octanol–water partition coefficient (Wildman–Crippen LogP) is 2.99. The Morgan fingerprint density at radius 2 is 2.00 bits per heavy atom. The van der Waals surface area contributed by atoms with E-state index in [0.29, 0.717) is 12.8 Å². The third-order valence-electron chi connectivity index (χ3n) is 1.04. The molecule has 0 saturated carbocycles. The zero-order chi connectivity index (χ0) is 8.04. The van der Waals surface area contributed by atoms with Gasteiger partial charge in [-0.3, -0.25) is 4.57 Å². The maximum Gasteiger partial charge on any atom is 0.257 e. The van der Waals surface area contributed by atoms with E-state index < -0.39 is 6.57 Å². The summed E-state index contributed by atoms with van der Waals surface area (Å²) < 4.78 is 16.7. The van der Waals surface area contributed by atoms with E-state index in [2.05, 4.69) is 0 Å². The minimum absolute atomic E-state index is 0.554. The Kier molecular flexibility index (Phi) is 5.51. The molecule has 0 saturated heterocycles. The highest BCUT2D eigenvalue weighted by molar-refractivity contribution is 8.56. The van der Waals surface area contributed by atoms with E-state index in [0.717, 1.165) is 5.75 Å². The van der Waals surface area contributed by atoms with Gasteiger partial charge in [0.15, 0.2) is 0 Å². The molecule has 1 atom stereocenters. The van der Waals surface area contributed by atoms with Gasteiger partial charge in [0.1, 0.15) is 0 Å². The van der Waals surface area contributed by atoms with Crippen molar-refractivity contribution < 1.29 is 9.09 Å². The van der Waals surface area contributed by atoms with Gasteiger partial charge in [-0.05, 0) is 12.7 Å². The lowest BCUT2D eigenvalue weighted by molar-refractivity contribution is 0.347. The Labute approximate surface area is 66.9 Å². The SMILES string of the molecule is CCO[P@@](=O)(CC)SCC. The Hall–Kier alpha value is 0.540. The van der Waals surface area contributed by atoms with Gasteiger partial charge in [0.05, 0.1) is 6.61 Å². The van der Waals surface area contributed by atoms with Crippen LogP contribution in [0.1, 0.15) is 20.8 Å². The molecule has 0 unspecified atom stereocenters. The van der Waals surface area contributed by atoms with Crippen LogP contribution < -0.4 is 0 Å². The van der Waals surface area contributed by atoms with Crippen molar-refractivity contribution >= 4 is 18.0 Å². The Balaban J connectivity index is 3.83. The second-order valence-corrected chi connectivity index (χ2v) is 7.15. The maximum absolute atomic E-state index is 11.5. The van der Waals surface area contributed by atoms with E-state index in [1.54, 1.807) is 0 Å². The molecule has 0 heterocycles. The van der Waals surface area contributed by atoms with Crippen molar-refractivity contribution in [2.45, 2.75) is 20.8 Å². The molecule has 0 radical (unpaired) electrons. The van der Waals surface area contributed by atoms with Crippen LogP contribution in [-0.4, -0.2) is 18.5 Å². The first-order valence-electron chi connectivity index (χ1n) is 3.56. The summed E-state index contributed by atoms with van der Waals surface area (Å²) >= 11 is 1.44. The monoisotopic (exact) mass is 182 g/mol. The average Bonchev–Trinajstić information content (AvgIpc) is 1.89. The summed E-state index contributed by atoms with van der Waals surface area (Å²) in [5.41, 5.74) is 0.